The van der Waals surface area contributed by atoms with Gasteiger partial charge in [-0.1, -0.05) is 0 Å². The van der Waals surface area contributed by atoms with Crippen LogP contribution in [-0.2, 0) is 0 Å². The maximum Gasteiger partial charge on any atom is 0.262 e. The van der Waals surface area contributed by atoms with Crippen LogP contribution in [-0.4, -0.2) is 4.98 Å². The first kappa shape index (κ1) is 8.01. The van der Waals surface area contributed by atoms with Crippen molar-refractivity contribution in [3.8, 4) is 0 Å². The van der Waals surface area contributed by atoms with E-state index < -0.39 is 0 Å². The second kappa shape index (κ2) is 2.88. The van der Waals surface area contributed by atoms with E-state index >= 15 is 0 Å². The van der Waals surface area contributed by atoms with Gasteiger partial charge < -0.3 is 4.98 Å². The molecule has 0 aromatic carbocycles. The number of pyridine rings is 1. The van der Waals surface area contributed by atoms with E-state index in [2.05, 4.69) is 36.8 Å². The first-order valence-corrected chi connectivity index (χ1v) is 4.25. The number of hydrogen-bond acceptors (Lipinski definition) is 1. The second-order valence-corrected chi connectivity index (χ2v) is 3.55. The predicted molar refractivity (Wildman–Crippen MR) is 47.2 cm³/mol. The standard InChI is InChI=1S/C6H5Br2NO/c1-3-4(7)2-9-6(10)5(3)8/h2H,1H3,(H,9,10). The summed E-state index contributed by atoms with van der Waals surface area (Å²) in [6.07, 6.45) is 1.63. The molecule has 1 rings (SSSR count). The summed E-state index contributed by atoms with van der Waals surface area (Å²) < 4.78 is 1.49. The Labute approximate surface area is 74.9 Å². The average molecular weight is 267 g/mol. The van der Waals surface area contributed by atoms with Crippen LogP contribution in [0.25, 0.3) is 0 Å². The molecule has 0 bridgehead atoms. The fourth-order valence-corrected chi connectivity index (χ4v) is 1.48. The van der Waals surface area contributed by atoms with Crippen LogP contribution >= 0.6 is 31.9 Å². The number of halogens is 2. The van der Waals surface area contributed by atoms with Crippen LogP contribution in [0.5, 0.6) is 0 Å². The fourth-order valence-electron chi connectivity index (χ4n) is 0.576. The predicted octanol–water partition coefficient (Wildman–Crippen LogP) is 2.21. The molecule has 0 aliphatic carbocycles. The smallest absolute Gasteiger partial charge is 0.262 e. The summed E-state index contributed by atoms with van der Waals surface area (Å²) in [6.45, 7) is 1.86. The summed E-state index contributed by atoms with van der Waals surface area (Å²) in [7, 11) is 0. The zero-order valence-electron chi connectivity index (χ0n) is 5.24. The van der Waals surface area contributed by atoms with Crippen molar-refractivity contribution in [1.29, 1.82) is 0 Å². The van der Waals surface area contributed by atoms with E-state index in [1.165, 1.54) is 0 Å². The molecular weight excluding hydrogens is 262 g/mol. The van der Waals surface area contributed by atoms with Gasteiger partial charge in [-0.15, -0.1) is 0 Å². The Morgan fingerprint density at radius 2 is 2.10 bits per heavy atom. The van der Waals surface area contributed by atoms with Crippen LogP contribution in [0, 0.1) is 6.92 Å². The van der Waals surface area contributed by atoms with Crippen molar-refractivity contribution < 1.29 is 0 Å². The van der Waals surface area contributed by atoms with E-state index in [4.69, 9.17) is 0 Å². The molecule has 54 valence electrons. The number of rotatable bonds is 0. The van der Waals surface area contributed by atoms with E-state index in [1.807, 2.05) is 6.92 Å². The number of nitrogens with one attached hydrogen (secondary N) is 1. The maximum absolute atomic E-state index is 10.9. The Balaban J connectivity index is 3.49. The lowest BCUT2D eigenvalue weighted by Gasteiger charge is -1.97. The van der Waals surface area contributed by atoms with E-state index in [0.717, 1.165) is 10.0 Å². The SMILES string of the molecule is Cc1c(Br)c[nH]c(=O)c1Br. The van der Waals surface area contributed by atoms with Gasteiger partial charge in [-0.3, -0.25) is 4.79 Å². The molecule has 0 saturated heterocycles. The maximum atomic E-state index is 10.9. The van der Waals surface area contributed by atoms with Crippen LogP contribution in [0.2, 0.25) is 0 Å². The molecule has 0 radical (unpaired) electrons. The van der Waals surface area contributed by atoms with Gasteiger partial charge in [0.2, 0.25) is 0 Å². The largest absolute Gasteiger partial charge is 0.327 e. The molecule has 0 aliphatic heterocycles. The summed E-state index contributed by atoms with van der Waals surface area (Å²) in [5, 5.41) is 0. The van der Waals surface area contributed by atoms with Crippen molar-refractivity contribution in [3.63, 3.8) is 0 Å². The van der Waals surface area contributed by atoms with Gasteiger partial charge in [0.15, 0.2) is 0 Å². The quantitative estimate of drug-likeness (QED) is 0.767. The molecule has 4 heteroatoms. The molecule has 0 amide bonds. The minimum atomic E-state index is -0.0966. The van der Waals surface area contributed by atoms with Crippen LogP contribution < -0.4 is 5.56 Å². The Kier molecular flexibility index (Phi) is 2.31. The number of hydrogen-bond donors (Lipinski definition) is 1. The molecule has 10 heavy (non-hydrogen) atoms. The van der Waals surface area contributed by atoms with E-state index in [9.17, 15) is 4.79 Å². The number of H-pyrrole nitrogens is 1. The van der Waals surface area contributed by atoms with Gasteiger partial charge in [0.25, 0.3) is 5.56 Å². The van der Waals surface area contributed by atoms with Crippen molar-refractivity contribution >= 4 is 31.9 Å². The summed E-state index contributed by atoms with van der Waals surface area (Å²) in [5.41, 5.74) is 0.824. The minimum absolute atomic E-state index is 0.0966. The molecule has 1 N–H and O–H groups in total. The Hall–Kier alpha value is -0.0900. The first-order valence-electron chi connectivity index (χ1n) is 2.66. The lowest BCUT2D eigenvalue weighted by atomic mass is 10.3. The Bertz CT molecular complexity index is 305. The Morgan fingerprint density at radius 3 is 2.60 bits per heavy atom. The van der Waals surface area contributed by atoms with Gasteiger partial charge in [0.1, 0.15) is 0 Å². The normalized spacial score (nSPS) is 9.90. The molecular formula is C6H5Br2NO. The lowest BCUT2D eigenvalue weighted by molar-refractivity contribution is 1.16. The van der Waals surface area contributed by atoms with Crippen LogP contribution in [0.1, 0.15) is 5.56 Å². The van der Waals surface area contributed by atoms with E-state index in [-0.39, 0.29) is 5.56 Å². The highest BCUT2D eigenvalue weighted by atomic mass is 79.9. The van der Waals surface area contributed by atoms with Crippen molar-refractivity contribution in [2.75, 3.05) is 0 Å². The van der Waals surface area contributed by atoms with E-state index in [0.29, 0.717) is 4.47 Å². The minimum Gasteiger partial charge on any atom is -0.327 e. The van der Waals surface area contributed by atoms with Gasteiger partial charge in [0, 0.05) is 10.7 Å². The molecule has 0 saturated carbocycles. The molecule has 2 nitrogen and oxygen atoms in total. The van der Waals surface area contributed by atoms with Crippen molar-refractivity contribution in [1.82, 2.24) is 4.98 Å². The number of aromatic amines is 1. The third kappa shape index (κ3) is 1.32. The van der Waals surface area contributed by atoms with Gasteiger partial charge in [0.05, 0.1) is 4.47 Å². The average Bonchev–Trinajstić information content (AvgIpc) is 1.93. The summed E-state index contributed by atoms with van der Waals surface area (Å²) in [6, 6.07) is 0. The van der Waals surface area contributed by atoms with Crippen molar-refractivity contribution in [3.05, 3.63) is 31.1 Å². The molecule has 0 fully saturated rings. The zero-order valence-corrected chi connectivity index (χ0v) is 8.41. The molecule has 1 heterocycles. The van der Waals surface area contributed by atoms with Gasteiger partial charge in [-0.05, 0) is 44.3 Å². The highest BCUT2D eigenvalue weighted by molar-refractivity contribution is 9.11. The van der Waals surface area contributed by atoms with Crippen LogP contribution in [0.15, 0.2) is 19.9 Å². The third-order valence-corrected chi connectivity index (χ3v) is 3.00. The van der Waals surface area contributed by atoms with Crippen molar-refractivity contribution in [2.45, 2.75) is 6.92 Å². The first-order chi connectivity index (χ1) is 4.63. The van der Waals surface area contributed by atoms with Crippen LogP contribution in [0.4, 0.5) is 0 Å². The summed E-state index contributed by atoms with van der Waals surface area (Å²) in [5.74, 6) is 0. The number of aromatic nitrogens is 1. The molecule has 1 aromatic rings. The topological polar surface area (TPSA) is 32.9 Å². The Morgan fingerprint density at radius 1 is 1.50 bits per heavy atom. The zero-order chi connectivity index (χ0) is 7.72. The lowest BCUT2D eigenvalue weighted by Crippen LogP contribution is -2.07. The third-order valence-electron chi connectivity index (χ3n) is 1.22. The van der Waals surface area contributed by atoms with Crippen molar-refractivity contribution in [2.24, 2.45) is 0 Å². The fraction of sp³-hybridized carbons (Fsp3) is 0.167. The van der Waals surface area contributed by atoms with Gasteiger partial charge >= 0.3 is 0 Å². The second-order valence-electron chi connectivity index (χ2n) is 1.90. The van der Waals surface area contributed by atoms with Gasteiger partial charge in [-0.25, -0.2) is 0 Å². The summed E-state index contributed by atoms with van der Waals surface area (Å²) in [4.78, 5) is 13.4. The summed E-state index contributed by atoms with van der Waals surface area (Å²) >= 11 is 6.44. The highest BCUT2D eigenvalue weighted by Crippen LogP contribution is 2.18. The monoisotopic (exact) mass is 265 g/mol. The molecule has 0 spiro atoms. The molecule has 0 atom stereocenters. The highest BCUT2D eigenvalue weighted by Gasteiger charge is 2.01. The molecule has 0 aliphatic rings. The van der Waals surface area contributed by atoms with Crippen LogP contribution in [0.3, 0.4) is 0 Å². The van der Waals surface area contributed by atoms with E-state index in [1.54, 1.807) is 6.20 Å². The molecule has 0 unspecified atom stereocenters. The van der Waals surface area contributed by atoms with Gasteiger partial charge in [-0.2, -0.15) is 0 Å². The molecule has 1 aromatic heterocycles.